The van der Waals surface area contributed by atoms with Gasteiger partial charge in [0.2, 0.25) is 11.8 Å². The number of hydrogen-bond acceptors (Lipinski definition) is 8. The molecule has 0 fully saturated rings. The average molecular weight is 835 g/mol. The van der Waals surface area contributed by atoms with Crippen molar-refractivity contribution in [2.75, 3.05) is 19.8 Å². The van der Waals surface area contributed by atoms with Gasteiger partial charge in [0, 0.05) is 17.7 Å². The van der Waals surface area contributed by atoms with Gasteiger partial charge in [0.25, 0.3) is 5.91 Å². The van der Waals surface area contributed by atoms with Crippen molar-refractivity contribution in [1.82, 2.24) is 16.0 Å². The smallest absolute Gasteiger partial charge is 0.329 e. The summed E-state index contributed by atoms with van der Waals surface area (Å²) in [4.78, 5) is 57.5. The number of guanidine groups is 1. The Morgan fingerprint density at radius 3 is 1.90 bits per heavy atom. The van der Waals surface area contributed by atoms with Crippen LogP contribution in [0, 0.1) is 0 Å². The molecular weight excluding hydrogens is 784 g/mol. The van der Waals surface area contributed by atoms with E-state index in [1.165, 1.54) is 13.0 Å². The fourth-order valence-corrected chi connectivity index (χ4v) is 6.45. The predicted molar refractivity (Wildman–Crippen MR) is 238 cm³/mol. The molecule has 13 nitrogen and oxygen atoms in total. The molecule has 0 aliphatic carbocycles. The van der Waals surface area contributed by atoms with E-state index >= 15 is 0 Å². The Morgan fingerprint density at radius 1 is 0.717 bits per heavy atom. The largest absolute Gasteiger partial charge is 0.489 e. The molecule has 0 heterocycles. The predicted octanol–water partition coefficient (Wildman–Crippen LogP) is 5.87. The Kier molecular flexibility index (Phi) is 17.5. The highest BCUT2D eigenvalue weighted by molar-refractivity contribution is 6.10. The molecule has 3 atom stereocenters. The first-order valence-electron chi connectivity index (χ1n) is 19.3. The molecule has 0 unspecified atom stereocenters. The highest BCUT2D eigenvalue weighted by atomic mass is 35.5. The summed E-state index contributed by atoms with van der Waals surface area (Å²) >= 11 is 0. The second kappa shape index (κ2) is 22.9. The molecule has 0 bridgehead atoms. The van der Waals surface area contributed by atoms with Crippen LogP contribution < -0.4 is 36.9 Å². The SMILES string of the molecule is C=CCOc1ccc2ccccc2c1-c1c(OCC(=O)N[C@H](C)C(=O)N[C@H](CCCN=C(N)N)C(=O)N[C@@H](CC=C)C(=O)OCc2ccccc2)ccc2ccccc12.Cl. The molecule has 0 radical (unpaired) electrons. The number of halogens is 1. The third kappa shape index (κ3) is 12.6. The Balaban J connectivity index is 0.00000794. The lowest BCUT2D eigenvalue weighted by Crippen LogP contribution is -2.55. The van der Waals surface area contributed by atoms with E-state index in [-0.39, 0.29) is 51.0 Å². The molecule has 60 heavy (non-hydrogen) atoms. The van der Waals surface area contributed by atoms with Crippen molar-refractivity contribution in [2.45, 2.75) is 50.9 Å². The van der Waals surface area contributed by atoms with Gasteiger partial charge in [-0.2, -0.15) is 0 Å². The standard InChI is InChI=1S/C46H50N6O7.ClH/c1-4-14-37(45(56)59-28-31-15-7-6-8-16-31)52-44(55)36(21-13-26-49-46(47)48)51-43(54)30(3)50-40(53)29-58-39-25-23-33-18-10-12-20-35(33)42(39)41-34-19-11-9-17-32(34)22-24-38(41)57-27-5-2;/h4-12,15-20,22-25,30,36-37H,1-2,13-14,21,26-29H2,3H3,(H,50,53)(H,51,54)(H,52,55)(H4,47,48,49);1H/t30-,36-,37+;/m1./s1. The highest BCUT2D eigenvalue weighted by Crippen LogP contribution is 2.45. The van der Waals surface area contributed by atoms with Crippen LogP contribution in [0.2, 0.25) is 0 Å². The number of rotatable bonds is 21. The number of carbonyl (C=O) groups is 4. The maximum atomic E-state index is 13.6. The van der Waals surface area contributed by atoms with Crippen LogP contribution in [0.5, 0.6) is 11.5 Å². The van der Waals surface area contributed by atoms with Gasteiger partial charge < -0.3 is 41.6 Å². The van der Waals surface area contributed by atoms with Crippen LogP contribution in [0.1, 0.15) is 31.7 Å². The topological polar surface area (TPSA) is 196 Å². The van der Waals surface area contributed by atoms with E-state index < -0.39 is 48.4 Å². The number of hydrogen-bond donors (Lipinski definition) is 5. The van der Waals surface area contributed by atoms with Crippen molar-refractivity contribution >= 4 is 63.6 Å². The molecule has 314 valence electrons. The van der Waals surface area contributed by atoms with Crippen molar-refractivity contribution in [1.29, 1.82) is 0 Å². The van der Waals surface area contributed by atoms with Crippen molar-refractivity contribution in [3.8, 4) is 22.6 Å². The average Bonchev–Trinajstić information content (AvgIpc) is 3.24. The number of benzene rings is 5. The van der Waals surface area contributed by atoms with Gasteiger partial charge in [-0.05, 0) is 65.4 Å². The first-order chi connectivity index (χ1) is 28.6. The van der Waals surface area contributed by atoms with Crippen molar-refractivity contribution in [3.05, 3.63) is 134 Å². The summed E-state index contributed by atoms with van der Waals surface area (Å²) in [7, 11) is 0. The molecule has 3 amide bonds. The lowest BCUT2D eigenvalue weighted by atomic mass is 9.92. The molecule has 0 aliphatic heterocycles. The molecule has 0 aliphatic rings. The minimum absolute atomic E-state index is 0. The summed E-state index contributed by atoms with van der Waals surface area (Å²) < 4.78 is 17.8. The summed E-state index contributed by atoms with van der Waals surface area (Å²) in [6.45, 7) is 9.05. The minimum Gasteiger partial charge on any atom is -0.489 e. The lowest BCUT2D eigenvalue weighted by Gasteiger charge is -2.24. The number of ether oxygens (including phenoxy) is 3. The van der Waals surface area contributed by atoms with Gasteiger partial charge in [0.05, 0.1) is 0 Å². The van der Waals surface area contributed by atoms with Crippen molar-refractivity contribution < 1.29 is 33.4 Å². The zero-order valence-corrected chi connectivity index (χ0v) is 34.3. The second-order valence-electron chi connectivity index (χ2n) is 13.7. The molecule has 0 saturated heterocycles. The van der Waals surface area contributed by atoms with E-state index in [4.69, 9.17) is 25.7 Å². The second-order valence-corrected chi connectivity index (χ2v) is 13.7. The number of carbonyl (C=O) groups excluding carboxylic acids is 4. The van der Waals surface area contributed by atoms with Crippen LogP contribution >= 0.6 is 12.4 Å². The minimum atomic E-state index is -1.11. The number of nitrogens with two attached hydrogens (primary N) is 2. The molecule has 7 N–H and O–H groups in total. The molecule has 0 aromatic heterocycles. The van der Waals surface area contributed by atoms with Gasteiger partial charge in [-0.25, -0.2) is 4.79 Å². The zero-order valence-electron chi connectivity index (χ0n) is 33.4. The Hall–Kier alpha value is -6.86. The summed E-state index contributed by atoms with van der Waals surface area (Å²) in [5, 5.41) is 11.8. The number of amides is 3. The van der Waals surface area contributed by atoms with E-state index in [2.05, 4.69) is 34.1 Å². The third-order valence-electron chi connectivity index (χ3n) is 9.32. The molecule has 5 rings (SSSR count). The Morgan fingerprint density at radius 2 is 1.30 bits per heavy atom. The van der Waals surface area contributed by atoms with Crippen LogP contribution in [0.3, 0.4) is 0 Å². The number of nitrogens with one attached hydrogen (secondary N) is 3. The molecule has 5 aromatic rings. The van der Waals surface area contributed by atoms with E-state index in [1.54, 1.807) is 6.08 Å². The fourth-order valence-electron chi connectivity index (χ4n) is 6.45. The summed E-state index contributed by atoms with van der Waals surface area (Å²) in [5.41, 5.74) is 13.3. The van der Waals surface area contributed by atoms with E-state index in [0.29, 0.717) is 17.9 Å². The number of nitrogens with zero attached hydrogens (tertiary/aromatic N) is 1. The van der Waals surface area contributed by atoms with Gasteiger partial charge in [-0.3, -0.25) is 19.4 Å². The number of aliphatic imine (C=N–C) groups is 1. The highest BCUT2D eigenvalue weighted by Gasteiger charge is 2.29. The van der Waals surface area contributed by atoms with Gasteiger partial charge >= 0.3 is 5.97 Å². The van der Waals surface area contributed by atoms with Crippen molar-refractivity contribution in [3.63, 3.8) is 0 Å². The molecule has 0 saturated carbocycles. The van der Waals surface area contributed by atoms with Gasteiger partial charge in [0.15, 0.2) is 12.6 Å². The van der Waals surface area contributed by atoms with Crippen molar-refractivity contribution in [2.24, 2.45) is 16.5 Å². The van der Waals surface area contributed by atoms with Crippen LogP contribution in [-0.2, 0) is 30.5 Å². The first kappa shape index (κ1) is 45.8. The van der Waals surface area contributed by atoms with Crippen LogP contribution in [-0.4, -0.2) is 67.5 Å². The zero-order chi connectivity index (χ0) is 42.1. The van der Waals surface area contributed by atoms with Crippen LogP contribution in [0.15, 0.2) is 133 Å². The number of esters is 1. The maximum absolute atomic E-state index is 13.6. The third-order valence-corrected chi connectivity index (χ3v) is 9.32. The van der Waals surface area contributed by atoms with Gasteiger partial charge in [0.1, 0.15) is 42.8 Å². The Bertz CT molecular complexity index is 2320. The van der Waals surface area contributed by atoms with Crippen LogP contribution in [0.25, 0.3) is 32.7 Å². The maximum Gasteiger partial charge on any atom is 0.329 e. The quantitative estimate of drug-likeness (QED) is 0.0197. The van der Waals surface area contributed by atoms with Crippen LogP contribution in [0.4, 0.5) is 0 Å². The number of fused-ring (bicyclic) bond motifs is 2. The monoisotopic (exact) mass is 834 g/mol. The van der Waals surface area contributed by atoms with Gasteiger partial charge in [-0.15, -0.1) is 19.0 Å². The van der Waals surface area contributed by atoms with E-state index in [0.717, 1.165) is 38.2 Å². The summed E-state index contributed by atoms with van der Waals surface area (Å²) in [6, 6.07) is 29.3. The van der Waals surface area contributed by atoms with E-state index in [9.17, 15) is 19.2 Å². The molecule has 5 aromatic carbocycles. The normalized spacial score (nSPS) is 12.1. The summed E-state index contributed by atoms with van der Waals surface area (Å²) in [6.07, 6.45) is 3.69. The first-order valence-corrected chi connectivity index (χ1v) is 19.3. The van der Waals surface area contributed by atoms with Gasteiger partial charge in [-0.1, -0.05) is 110 Å². The Labute approximate surface area is 355 Å². The summed E-state index contributed by atoms with van der Waals surface area (Å²) in [5.74, 6) is -1.57. The molecule has 0 spiro atoms. The lowest BCUT2D eigenvalue weighted by molar-refractivity contribution is -0.149. The molecular formula is C46H51ClN6O7. The van der Waals surface area contributed by atoms with E-state index in [1.807, 2.05) is 103 Å². The molecule has 14 heteroatoms. The fraction of sp³-hybridized carbons (Fsp3) is 0.239.